The van der Waals surface area contributed by atoms with Gasteiger partial charge in [0.15, 0.2) is 6.10 Å². The molecule has 2 atom stereocenters. The summed E-state index contributed by atoms with van der Waals surface area (Å²) in [5.41, 5.74) is 0. The van der Waals surface area contributed by atoms with Crippen LogP contribution in [0, 0.1) is 0 Å². The lowest BCUT2D eigenvalue weighted by atomic mass is 10.2. The monoisotopic (exact) mass is 247 g/mol. The summed E-state index contributed by atoms with van der Waals surface area (Å²) < 4.78 is 5.23. The summed E-state index contributed by atoms with van der Waals surface area (Å²) in [6.45, 7) is 2.42. The Balaban J connectivity index is 2.53. The third-order valence-corrected chi connectivity index (χ3v) is 3.02. The smallest absolute Gasteiger partial charge is 0.334 e. The van der Waals surface area contributed by atoms with Crippen LogP contribution in [0.15, 0.2) is 0 Å². The van der Waals surface area contributed by atoms with Crippen LogP contribution in [0.4, 0.5) is 0 Å². The predicted octanol–water partition coefficient (Wildman–Crippen LogP) is 0.440. The Labute approximate surface area is 99.1 Å². The van der Waals surface area contributed by atoms with Gasteiger partial charge in [0, 0.05) is 18.7 Å². The highest BCUT2D eigenvalue weighted by molar-refractivity contribution is 7.98. The Morgan fingerprint density at radius 1 is 1.50 bits per heavy atom. The Morgan fingerprint density at radius 3 is 2.75 bits per heavy atom. The molecule has 1 N–H and O–H groups in total. The molecule has 1 aliphatic rings. The zero-order chi connectivity index (χ0) is 12.1. The zero-order valence-corrected chi connectivity index (χ0v) is 10.3. The van der Waals surface area contributed by atoms with Gasteiger partial charge in [-0.2, -0.15) is 11.8 Å². The SMILES string of the molecule is CSCCC(=O)N1C[C@@H](C)O[C@H](C(=O)O)C1. The average molecular weight is 247 g/mol. The van der Waals surface area contributed by atoms with Crippen molar-refractivity contribution < 1.29 is 19.4 Å². The lowest BCUT2D eigenvalue weighted by Crippen LogP contribution is -2.51. The number of hydrogen-bond acceptors (Lipinski definition) is 4. The van der Waals surface area contributed by atoms with Crippen molar-refractivity contribution >= 4 is 23.6 Å². The summed E-state index contributed by atoms with van der Waals surface area (Å²) in [4.78, 5) is 24.1. The number of hydrogen-bond donors (Lipinski definition) is 1. The molecule has 1 amide bonds. The van der Waals surface area contributed by atoms with E-state index in [0.29, 0.717) is 13.0 Å². The van der Waals surface area contributed by atoms with Crippen molar-refractivity contribution in [1.82, 2.24) is 4.90 Å². The molecule has 16 heavy (non-hydrogen) atoms. The molecular formula is C10H17NO4S. The molecule has 0 aromatic rings. The van der Waals surface area contributed by atoms with Crippen LogP contribution < -0.4 is 0 Å². The minimum Gasteiger partial charge on any atom is -0.479 e. The number of thioether (sulfide) groups is 1. The zero-order valence-electron chi connectivity index (χ0n) is 9.51. The fourth-order valence-electron chi connectivity index (χ4n) is 1.64. The summed E-state index contributed by atoms with van der Waals surface area (Å²) >= 11 is 1.61. The highest BCUT2D eigenvalue weighted by atomic mass is 32.2. The maximum absolute atomic E-state index is 11.7. The van der Waals surface area contributed by atoms with Gasteiger partial charge in [-0.15, -0.1) is 0 Å². The maximum atomic E-state index is 11.7. The topological polar surface area (TPSA) is 66.8 Å². The summed E-state index contributed by atoms with van der Waals surface area (Å²) in [5, 5.41) is 8.86. The van der Waals surface area contributed by atoms with Gasteiger partial charge in [-0.3, -0.25) is 4.79 Å². The highest BCUT2D eigenvalue weighted by Crippen LogP contribution is 2.13. The van der Waals surface area contributed by atoms with Gasteiger partial charge >= 0.3 is 5.97 Å². The largest absolute Gasteiger partial charge is 0.479 e. The van der Waals surface area contributed by atoms with Gasteiger partial charge in [0.05, 0.1) is 12.6 Å². The molecule has 1 saturated heterocycles. The molecule has 92 valence electrons. The maximum Gasteiger partial charge on any atom is 0.334 e. The molecule has 0 unspecified atom stereocenters. The van der Waals surface area contributed by atoms with Crippen molar-refractivity contribution in [3.8, 4) is 0 Å². The van der Waals surface area contributed by atoms with Gasteiger partial charge in [-0.1, -0.05) is 0 Å². The summed E-state index contributed by atoms with van der Waals surface area (Å²) in [5.74, 6) is -0.229. The molecule has 0 aromatic carbocycles. The van der Waals surface area contributed by atoms with Gasteiger partial charge in [0.25, 0.3) is 0 Å². The van der Waals surface area contributed by atoms with E-state index in [-0.39, 0.29) is 18.6 Å². The number of amides is 1. The van der Waals surface area contributed by atoms with Crippen LogP contribution in [0.25, 0.3) is 0 Å². The molecular weight excluding hydrogens is 230 g/mol. The van der Waals surface area contributed by atoms with Crippen LogP contribution in [0.2, 0.25) is 0 Å². The summed E-state index contributed by atoms with van der Waals surface area (Å²) in [6, 6.07) is 0. The van der Waals surface area contributed by atoms with Gasteiger partial charge in [-0.05, 0) is 13.2 Å². The van der Waals surface area contributed by atoms with Crippen LogP contribution in [-0.4, -0.2) is 59.2 Å². The first-order valence-electron chi connectivity index (χ1n) is 5.19. The second kappa shape index (κ2) is 6.10. The first-order valence-corrected chi connectivity index (χ1v) is 6.59. The normalized spacial score (nSPS) is 25.5. The molecule has 0 aromatic heterocycles. The first kappa shape index (κ1) is 13.3. The Bertz CT molecular complexity index is 272. The second-order valence-electron chi connectivity index (χ2n) is 3.82. The molecule has 0 aliphatic carbocycles. The number of carboxylic acid groups (broad SMARTS) is 1. The number of carboxylic acids is 1. The van der Waals surface area contributed by atoms with E-state index in [9.17, 15) is 9.59 Å². The van der Waals surface area contributed by atoms with E-state index in [1.165, 1.54) is 0 Å². The molecule has 0 bridgehead atoms. The Morgan fingerprint density at radius 2 is 2.19 bits per heavy atom. The van der Waals surface area contributed by atoms with Crippen LogP contribution in [0.5, 0.6) is 0 Å². The van der Waals surface area contributed by atoms with Crippen molar-refractivity contribution in [3.63, 3.8) is 0 Å². The highest BCUT2D eigenvalue weighted by Gasteiger charge is 2.32. The van der Waals surface area contributed by atoms with E-state index in [4.69, 9.17) is 9.84 Å². The number of nitrogens with zero attached hydrogens (tertiary/aromatic N) is 1. The van der Waals surface area contributed by atoms with Crippen molar-refractivity contribution in [2.75, 3.05) is 25.1 Å². The van der Waals surface area contributed by atoms with E-state index in [2.05, 4.69) is 0 Å². The van der Waals surface area contributed by atoms with E-state index in [1.54, 1.807) is 23.6 Å². The summed E-state index contributed by atoms with van der Waals surface area (Å²) in [6.07, 6.45) is 1.30. The van der Waals surface area contributed by atoms with E-state index in [0.717, 1.165) is 5.75 Å². The lowest BCUT2D eigenvalue weighted by molar-refractivity contribution is -0.166. The van der Waals surface area contributed by atoms with Crippen LogP contribution in [0.1, 0.15) is 13.3 Å². The van der Waals surface area contributed by atoms with Crippen LogP contribution in [0.3, 0.4) is 0 Å². The standard InChI is InChI=1S/C10H17NO4S/c1-7-5-11(9(12)3-4-16-2)6-8(15-7)10(13)14/h7-8H,3-6H2,1-2H3,(H,13,14)/t7-,8+/m1/s1. The van der Waals surface area contributed by atoms with E-state index in [1.807, 2.05) is 6.26 Å². The van der Waals surface area contributed by atoms with E-state index >= 15 is 0 Å². The lowest BCUT2D eigenvalue weighted by Gasteiger charge is -2.35. The average Bonchev–Trinajstić information content (AvgIpc) is 2.24. The first-order chi connectivity index (χ1) is 7.54. The van der Waals surface area contributed by atoms with Crippen LogP contribution in [-0.2, 0) is 14.3 Å². The van der Waals surface area contributed by atoms with Gasteiger partial charge in [0.1, 0.15) is 0 Å². The third kappa shape index (κ3) is 3.68. The number of ether oxygens (including phenoxy) is 1. The number of aliphatic carboxylic acids is 1. The van der Waals surface area contributed by atoms with Crippen molar-refractivity contribution in [2.45, 2.75) is 25.6 Å². The molecule has 6 heteroatoms. The fourth-order valence-corrected chi connectivity index (χ4v) is 2.02. The summed E-state index contributed by atoms with van der Waals surface area (Å²) in [7, 11) is 0. The predicted molar refractivity (Wildman–Crippen MR) is 61.5 cm³/mol. The van der Waals surface area contributed by atoms with Gasteiger partial charge in [-0.25, -0.2) is 4.79 Å². The molecule has 1 aliphatic heterocycles. The molecule has 0 saturated carbocycles. The molecule has 5 nitrogen and oxygen atoms in total. The molecule has 0 radical (unpaired) electrons. The van der Waals surface area contributed by atoms with Gasteiger partial charge < -0.3 is 14.7 Å². The van der Waals surface area contributed by atoms with Crippen LogP contribution >= 0.6 is 11.8 Å². The van der Waals surface area contributed by atoms with Crippen molar-refractivity contribution in [2.24, 2.45) is 0 Å². The number of carbonyl (C=O) groups excluding carboxylic acids is 1. The van der Waals surface area contributed by atoms with Crippen molar-refractivity contribution in [1.29, 1.82) is 0 Å². The van der Waals surface area contributed by atoms with Crippen molar-refractivity contribution in [3.05, 3.63) is 0 Å². The molecule has 1 heterocycles. The Hall–Kier alpha value is -0.750. The second-order valence-corrected chi connectivity index (χ2v) is 4.80. The number of carbonyl (C=O) groups is 2. The number of rotatable bonds is 4. The molecule has 1 rings (SSSR count). The molecule has 0 spiro atoms. The minimum absolute atomic E-state index is 0.00995. The Kier molecular flexibility index (Phi) is 5.08. The minimum atomic E-state index is -1.01. The van der Waals surface area contributed by atoms with Gasteiger partial charge in [0.2, 0.25) is 5.91 Å². The number of morpholine rings is 1. The fraction of sp³-hybridized carbons (Fsp3) is 0.800. The van der Waals surface area contributed by atoms with E-state index < -0.39 is 12.1 Å². The third-order valence-electron chi connectivity index (χ3n) is 2.41. The molecule has 1 fully saturated rings. The quantitative estimate of drug-likeness (QED) is 0.781.